The molecule has 2 aliphatic heterocycles. The van der Waals surface area contributed by atoms with Crippen molar-refractivity contribution in [3.8, 4) is 0 Å². The van der Waals surface area contributed by atoms with Crippen LogP contribution in [0, 0.1) is 0 Å². The van der Waals surface area contributed by atoms with E-state index in [9.17, 15) is 18.0 Å². The third-order valence-corrected chi connectivity index (χ3v) is 6.11. The zero-order valence-electron chi connectivity index (χ0n) is 6.89. The molecule has 0 radical (unpaired) electrons. The van der Waals surface area contributed by atoms with Gasteiger partial charge in [-0.1, -0.05) is 0 Å². The molecule has 0 aromatic carbocycles. The van der Waals surface area contributed by atoms with Gasteiger partial charge < -0.3 is 0 Å². The first-order valence-corrected chi connectivity index (χ1v) is 5.36. The molecule has 2 atom stereocenters. The molecule has 2 rings (SSSR count). The number of hydrogen-bond donors (Lipinski definition) is 0. The van der Waals surface area contributed by atoms with Crippen molar-refractivity contribution in [2.75, 3.05) is 0 Å². The van der Waals surface area contributed by atoms with Crippen LogP contribution in [-0.4, -0.2) is 22.6 Å². The van der Waals surface area contributed by atoms with Crippen LogP contribution in [0.15, 0.2) is 0 Å². The molecule has 0 bridgehead atoms. The summed E-state index contributed by atoms with van der Waals surface area (Å²) in [6.45, 7) is 2.20. The minimum absolute atomic E-state index is 1.10. The van der Waals surface area contributed by atoms with Crippen molar-refractivity contribution in [3.05, 3.63) is 0 Å². The maximum atomic E-state index is 13.2. The van der Waals surface area contributed by atoms with E-state index >= 15 is 0 Å². The molecule has 0 aromatic heterocycles. The molecule has 0 aromatic rings. The van der Waals surface area contributed by atoms with E-state index in [0.717, 1.165) is 13.8 Å². The molecular weight excluding hydrogens is 205 g/mol. The summed E-state index contributed by atoms with van der Waals surface area (Å²) < 4.78 is 35.2. The van der Waals surface area contributed by atoms with E-state index in [-0.39, 0.29) is 0 Å². The molecule has 4 nitrogen and oxygen atoms in total. The predicted octanol–water partition coefficient (Wildman–Crippen LogP) is 1.05. The van der Waals surface area contributed by atoms with E-state index in [1.807, 2.05) is 0 Å². The zero-order valence-corrected chi connectivity index (χ0v) is 7.89. The standard InChI is InChI=1S/C6H7F2O4P/c1-5-6(2,13(5,7)8)12-4(10)3(9)11-5/h13H,1-2H3/t5-,6?/m1/s1. The summed E-state index contributed by atoms with van der Waals surface area (Å²) in [4.78, 5) is 21.3. The van der Waals surface area contributed by atoms with Crippen molar-refractivity contribution in [2.45, 2.75) is 24.5 Å². The second-order valence-corrected chi connectivity index (χ2v) is 6.48. The number of hydrogen-bond acceptors (Lipinski definition) is 4. The minimum atomic E-state index is -4.78. The summed E-state index contributed by atoms with van der Waals surface area (Å²) in [5, 5.41) is -3.71. The fourth-order valence-electron chi connectivity index (χ4n) is 1.51. The van der Waals surface area contributed by atoms with E-state index in [2.05, 4.69) is 9.47 Å². The van der Waals surface area contributed by atoms with Crippen molar-refractivity contribution >= 4 is 19.8 Å². The first-order chi connectivity index (χ1) is 5.76. The zero-order chi connectivity index (χ0) is 10.1. The Labute approximate surface area is 72.8 Å². The van der Waals surface area contributed by atoms with Gasteiger partial charge in [0.2, 0.25) is 0 Å². The van der Waals surface area contributed by atoms with Gasteiger partial charge in [-0.15, -0.1) is 0 Å². The van der Waals surface area contributed by atoms with Crippen LogP contribution in [0.1, 0.15) is 13.8 Å². The first-order valence-electron chi connectivity index (χ1n) is 3.60. The molecule has 0 N–H and O–H groups in total. The Morgan fingerprint density at radius 2 is 1.38 bits per heavy atom. The molecule has 2 heterocycles. The Kier molecular flexibility index (Phi) is 1.25. The summed E-state index contributed by atoms with van der Waals surface area (Å²) in [5.74, 6) is -2.66. The van der Waals surface area contributed by atoms with E-state index < -0.39 is 30.5 Å². The topological polar surface area (TPSA) is 52.6 Å². The number of esters is 2. The Bertz CT molecular complexity index is 301. The van der Waals surface area contributed by atoms with Gasteiger partial charge in [0.25, 0.3) is 0 Å². The van der Waals surface area contributed by atoms with Gasteiger partial charge >= 0.3 is 71.8 Å². The van der Waals surface area contributed by atoms with Gasteiger partial charge in [0, 0.05) is 0 Å². The summed E-state index contributed by atoms with van der Waals surface area (Å²) >= 11 is 0. The Balaban J connectivity index is 2.41. The van der Waals surface area contributed by atoms with Crippen LogP contribution in [0.3, 0.4) is 0 Å². The molecule has 0 aliphatic carbocycles. The molecule has 2 saturated heterocycles. The van der Waals surface area contributed by atoms with Crippen LogP contribution in [0.25, 0.3) is 0 Å². The van der Waals surface area contributed by atoms with Crippen molar-refractivity contribution in [1.82, 2.24) is 0 Å². The van der Waals surface area contributed by atoms with Gasteiger partial charge in [-0.05, 0) is 0 Å². The van der Waals surface area contributed by atoms with Gasteiger partial charge in [-0.2, -0.15) is 0 Å². The van der Waals surface area contributed by atoms with Gasteiger partial charge in [0.05, 0.1) is 0 Å². The molecule has 2 aliphatic rings. The molecule has 0 spiro atoms. The SMILES string of the molecule is CC12OC(=O)C(=O)O[C@]1(C)[PH]2(F)F. The van der Waals surface area contributed by atoms with Crippen molar-refractivity contribution in [1.29, 1.82) is 0 Å². The van der Waals surface area contributed by atoms with Crippen molar-refractivity contribution in [3.63, 3.8) is 0 Å². The fraction of sp³-hybridized carbons (Fsp3) is 0.667. The third kappa shape index (κ3) is 0.655. The average molecular weight is 212 g/mol. The molecule has 0 amide bonds. The van der Waals surface area contributed by atoms with Crippen LogP contribution in [0.4, 0.5) is 8.39 Å². The molecule has 1 unspecified atom stereocenters. The molecule has 74 valence electrons. The van der Waals surface area contributed by atoms with Gasteiger partial charge in [0.15, 0.2) is 0 Å². The van der Waals surface area contributed by atoms with E-state index in [1.54, 1.807) is 0 Å². The Hall–Kier alpha value is -0.770. The van der Waals surface area contributed by atoms with Crippen LogP contribution < -0.4 is 0 Å². The third-order valence-electron chi connectivity index (χ3n) is 2.81. The molecule has 0 saturated carbocycles. The summed E-state index contributed by atoms with van der Waals surface area (Å²) in [6, 6.07) is 0. The van der Waals surface area contributed by atoms with Crippen LogP contribution in [-0.2, 0) is 19.1 Å². The predicted molar refractivity (Wildman–Crippen MR) is 39.5 cm³/mol. The summed E-state index contributed by atoms with van der Waals surface area (Å²) in [5.41, 5.74) is 0. The second-order valence-electron chi connectivity index (χ2n) is 3.42. The number of carbonyl (C=O) groups excluding carboxylic acids is 2. The number of fused-ring (bicyclic) bond motifs is 1. The number of ether oxygens (including phenoxy) is 2. The van der Waals surface area contributed by atoms with Gasteiger partial charge in [-0.3, -0.25) is 0 Å². The number of rotatable bonds is 0. The van der Waals surface area contributed by atoms with Crippen LogP contribution >= 0.6 is 7.88 Å². The van der Waals surface area contributed by atoms with Crippen LogP contribution in [0.2, 0.25) is 0 Å². The van der Waals surface area contributed by atoms with Crippen LogP contribution in [0.5, 0.6) is 0 Å². The first kappa shape index (κ1) is 8.81. The normalized spacial score (nSPS) is 48.6. The van der Waals surface area contributed by atoms with E-state index in [0.29, 0.717) is 0 Å². The Morgan fingerprint density at radius 3 is 1.69 bits per heavy atom. The summed E-state index contributed by atoms with van der Waals surface area (Å²) in [7, 11) is -4.78. The second kappa shape index (κ2) is 1.85. The monoisotopic (exact) mass is 212 g/mol. The fourth-order valence-corrected chi connectivity index (χ4v) is 3.82. The van der Waals surface area contributed by atoms with Gasteiger partial charge in [-0.25, -0.2) is 0 Å². The molecule has 2 fully saturated rings. The summed E-state index contributed by atoms with van der Waals surface area (Å²) in [6.07, 6.45) is 0. The van der Waals surface area contributed by atoms with Crippen molar-refractivity contribution in [2.24, 2.45) is 0 Å². The number of halogens is 2. The van der Waals surface area contributed by atoms with E-state index in [1.165, 1.54) is 0 Å². The molecular formula is C6H7F2O4P. The Morgan fingerprint density at radius 1 is 1.08 bits per heavy atom. The average Bonchev–Trinajstić information content (AvgIpc) is 2.30. The van der Waals surface area contributed by atoms with Gasteiger partial charge in [0.1, 0.15) is 0 Å². The maximum absolute atomic E-state index is 13.2. The molecule has 13 heavy (non-hydrogen) atoms. The number of carbonyl (C=O) groups is 2. The van der Waals surface area contributed by atoms with Crippen molar-refractivity contribution < 1.29 is 27.5 Å². The quantitative estimate of drug-likeness (QED) is 0.342. The molecule has 7 heteroatoms. The van der Waals surface area contributed by atoms with E-state index in [4.69, 9.17) is 0 Å².